The maximum absolute atomic E-state index is 12.4. The molecule has 1 amide bonds. The molecule has 5 nitrogen and oxygen atoms in total. The maximum Gasteiger partial charge on any atom is 0.228 e. The number of carbonyl (C=O) groups excluding carboxylic acids is 1. The van der Waals surface area contributed by atoms with E-state index in [1.165, 1.54) is 12.8 Å². The minimum Gasteiger partial charge on any atom is -0.345 e. The fourth-order valence-corrected chi connectivity index (χ4v) is 2.64. The molecule has 0 unspecified atom stereocenters. The molecule has 1 aliphatic carbocycles. The summed E-state index contributed by atoms with van der Waals surface area (Å²) in [6, 6.07) is 0. The number of likely N-dealkylation sites (N-methyl/N-ethyl adjacent to an activating group) is 1. The van der Waals surface area contributed by atoms with E-state index < -0.39 is 0 Å². The minimum atomic E-state index is -0.151. The summed E-state index contributed by atoms with van der Waals surface area (Å²) in [6.07, 6.45) is 5.00. The van der Waals surface area contributed by atoms with Gasteiger partial charge in [0.15, 0.2) is 5.82 Å². The van der Waals surface area contributed by atoms with Crippen LogP contribution in [-0.4, -0.2) is 34.5 Å². The number of hydrogen-bond acceptors (Lipinski definition) is 4. The first-order valence-corrected chi connectivity index (χ1v) is 6.56. The maximum atomic E-state index is 12.4. The summed E-state index contributed by atoms with van der Waals surface area (Å²) in [5.74, 6) is 1.49. The van der Waals surface area contributed by atoms with E-state index in [9.17, 15) is 4.79 Å². The Kier molecular flexibility index (Phi) is 3.68. The van der Waals surface area contributed by atoms with E-state index in [0.717, 1.165) is 12.8 Å². The van der Waals surface area contributed by atoms with Crippen molar-refractivity contribution < 1.29 is 9.32 Å². The Morgan fingerprint density at radius 2 is 2.11 bits per heavy atom. The quantitative estimate of drug-likeness (QED) is 0.820. The normalized spacial score (nSPS) is 17.9. The summed E-state index contributed by atoms with van der Waals surface area (Å²) in [4.78, 5) is 18.3. The Hall–Kier alpha value is -1.39. The Bertz CT molecular complexity index is 422. The molecule has 0 spiro atoms. The fourth-order valence-electron chi connectivity index (χ4n) is 2.64. The van der Waals surface area contributed by atoms with Crippen molar-refractivity contribution in [3.63, 3.8) is 0 Å². The van der Waals surface area contributed by atoms with Crippen molar-refractivity contribution in [3.8, 4) is 0 Å². The Morgan fingerprint density at radius 1 is 1.44 bits per heavy atom. The van der Waals surface area contributed by atoms with Gasteiger partial charge in [-0.15, -0.1) is 0 Å². The van der Waals surface area contributed by atoms with Crippen molar-refractivity contribution in [2.45, 2.75) is 46.0 Å². The van der Waals surface area contributed by atoms with Gasteiger partial charge in [-0.2, -0.15) is 4.98 Å². The van der Waals surface area contributed by atoms with Crippen molar-refractivity contribution in [1.29, 1.82) is 0 Å². The molecule has 1 aliphatic rings. The number of aromatic nitrogens is 2. The average molecular weight is 251 g/mol. The molecule has 0 N–H and O–H groups in total. The molecule has 1 aromatic rings. The second kappa shape index (κ2) is 5.08. The zero-order chi connectivity index (χ0) is 13.2. The van der Waals surface area contributed by atoms with Crippen LogP contribution in [-0.2, 0) is 11.2 Å². The van der Waals surface area contributed by atoms with Gasteiger partial charge in [0.2, 0.25) is 11.8 Å². The third kappa shape index (κ3) is 2.71. The second-order valence-corrected chi connectivity index (χ2v) is 5.47. The van der Waals surface area contributed by atoms with Gasteiger partial charge in [0, 0.05) is 32.4 Å². The Morgan fingerprint density at radius 3 is 2.67 bits per heavy atom. The molecule has 1 heterocycles. The van der Waals surface area contributed by atoms with Gasteiger partial charge >= 0.3 is 0 Å². The van der Waals surface area contributed by atoms with E-state index in [1.54, 1.807) is 11.8 Å². The number of carbonyl (C=O) groups is 1. The third-order valence-electron chi connectivity index (χ3n) is 3.81. The van der Waals surface area contributed by atoms with E-state index in [1.807, 2.05) is 7.05 Å². The molecule has 5 heteroatoms. The van der Waals surface area contributed by atoms with Crippen LogP contribution in [0.4, 0.5) is 0 Å². The number of hydrogen-bond donors (Lipinski definition) is 0. The molecular formula is C13H21N3O2. The minimum absolute atomic E-state index is 0.151. The first kappa shape index (κ1) is 13.1. The molecule has 0 radical (unpaired) electrons. The molecule has 1 fully saturated rings. The molecule has 0 aliphatic heterocycles. The lowest BCUT2D eigenvalue weighted by Gasteiger charge is -2.28. The van der Waals surface area contributed by atoms with Gasteiger partial charge in [-0.05, 0) is 12.8 Å². The van der Waals surface area contributed by atoms with Crippen LogP contribution in [0.3, 0.4) is 0 Å². The number of rotatable bonds is 4. The highest BCUT2D eigenvalue weighted by atomic mass is 16.5. The topological polar surface area (TPSA) is 59.2 Å². The number of aryl methyl sites for hydroxylation is 1. The van der Waals surface area contributed by atoms with Gasteiger partial charge in [-0.3, -0.25) is 4.79 Å². The van der Waals surface area contributed by atoms with Gasteiger partial charge in [-0.1, -0.05) is 24.9 Å². The van der Waals surface area contributed by atoms with Crippen molar-refractivity contribution in [1.82, 2.24) is 15.0 Å². The average Bonchev–Trinajstić information content (AvgIpc) is 2.95. The van der Waals surface area contributed by atoms with Gasteiger partial charge in [-0.25, -0.2) is 0 Å². The molecule has 1 saturated carbocycles. The van der Waals surface area contributed by atoms with Crippen LogP contribution in [0.1, 0.15) is 44.3 Å². The van der Waals surface area contributed by atoms with Crippen LogP contribution in [0.25, 0.3) is 0 Å². The van der Waals surface area contributed by atoms with Crippen LogP contribution >= 0.6 is 0 Å². The largest absolute Gasteiger partial charge is 0.345 e. The number of amides is 1. The monoisotopic (exact) mass is 251 g/mol. The summed E-state index contributed by atoms with van der Waals surface area (Å²) >= 11 is 0. The van der Waals surface area contributed by atoms with E-state index in [4.69, 9.17) is 4.52 Å². The molecule has 1 aromatic heterocycles. The van der Waals surface area contributed by atoms with E-state index in [-0.39, 0.29) is 11.3 Å². The highest BCUT2D eigenvalue weighted by Gasteiger charge is 2.37. The third-order valence-corrected chi connectivity index (χ3v) is 3.81. The van der Waals surface area contributed by atoms with Crippen LogP contribution in [0.15, 0.2) is 4.52 Å². The van der Waals surface area contributed by atoms with E-state index in [0.29, 0.717) is 24.7 Å². The summed E-state index contributed by atoms with van der Waals surface area (Å²) in [5, 5.41) is 3.84. The highest BCUT2D eigenvalue weighted by molar-refractivity contribution is 5.82. The lowest BCUT2D eigenvalue weighted by atomic mass is 9.87. The standard InChI is InChI=1S/C13H21N3O2/c1-10-14-11(15-18-10)6-9-16(3)12(17)13(2)7-4-5-8-13/h4-9H2,1-3H3. The van der Waals surface area contributed by atoms with Crippen molar-refractivity contribution in [2.75, 3.05) is 13.6 Å². The molecule has 0 aromatic carbocycles. The van der Waals surface area contributed by atoms with E-state index >= 15 is 0 Å². The van der Waals surface area contributed by atoms with Gasteiger partial charge in [0.25, 0.3) is 0 Å². The predicted molar refractivity (Wildman–Crippen MR) is 67.0 cm³/mol. The summed E-state index contributed by atoms with van der Waals surface area (Å²) < 4.78 is 4.91. The second-order valence-electron chi connectivity index (χ2n) is 5.47. The summed E-state index contributed by atoms with van der Waals surface area (Å²) in [5.41, 5.74) is -0.151. The lowest BCUT2D eigenvalue weighted by Crippen LogP contribution is -2.39. The van der Waals surface area contributed by atoms with E-state index in [2.05, 4.69) is 17.1 Å². The zero-order valence-electron chi connectivity index (χ0n) is 11.4. The molecular weight excluding hydrogens is 230 g/mol. The first-order chi connectivity index (χ1) is 8.51. The van der Waals surface area contributed by atoms with Crippen LogP contribution in [0.2, 0.25) is 0 Å². The van der Waals surface area contributed by atoms with Crippen molar-refractivity contribution >= 4 is 5.91 Å². The highest BCUT2D eigenvalue weighted by Crippen LogP contribution is 2.38. The smallest absolute Gasteiger partial charge is 0.228 e. The Balaban J connectivity index is 1.87. The molecule has 0 bridgehead atoms. The van der Waals surface area contributed by atoms with Crippen molar-refractivity contribution in [3.05, 3.63) is 11.7 Å². The van der Waals surface area contributed by atoms with Crippen molar-refractivity contribution in [2.24, 2.45) is 5.41 Å². The van der Waals surface area contributed by atoms with Gasteiger partial charge < -0.3 is 9.42 Å². The predicted octanol–water partition coefficient (Wildman–Crippen LogP) is 1.96. The van der Waals surface area contributed by atoms with Crippen LogP contribution in [0, 0.1) is 12.3 Å². The molecule has 0 atom stereocenters. The molecule has 0 saturated heterocycles. The Labute approximate surface area is 108 Å². The van der Waals surface area contributed by atoms with Crippen LogP contribution in [0.5, 0.6) is 0 Å². The molecule has 18 heavy (non-hydrogen) atoms. The number of nitrogens with zero attached hydrogens (tertiary/aromatic N) is 3. The molecule has 2 rings (SSSR count). The summed E-state index contributed by atoms with van der Waals surface area (Å²) in [7, 11) is 1.86. The lowest BCUT2D eigenvalue weighted by molar-refractivity contribution is -0.139. The van der Waals surface area contributed by atoms with Gasteiger partial charge in [0.05, 0.1) is 0 Å². The first-order valence-electron chi connectivity index (χ1n) is 6.56. The van der Waals surface area contributed by atoms with Crippen LogP contribution < -0.4 is 0 Å². The molecule has 100 valence electrons. The summed E-state index contributed by atoms with van der Waals surface area (Å²) in [6.45, 7) is 4.50. The fraction of sp³-hybridized carbons (Fsp3) is 0.769. The zero-order valence-corrected chi connectivity index (χ0v) is 11.4. The SMILES string of the molecule is Cc1nc(CCN(C)C(=O)C2(C)CCCC2)no1. The van der Waals surface area contributed by atoms with Gasteiger partial charge in [0.1, 0.15) is 0 Å².